The molecule has 0 aliphatic rings. The SMILES string of the molecule is c1ccc(Cc2nc(-c3ccc4c(c3)oc3ccccc34)nc(-c3cccc4c5ccccc5n(-c5cccc6oc7cc(-c8ccccc8)ccc7c56)c34)n2)cc1. The molecular formula is C52H32N4O2. The van der Waals surface area contributed by atoms with Gasteiger partial charge in [-0.05, 0) is 71.3 Å². The third-order valence-electron chi connectivity index (χ3n) is 11.3. The van der Waals surface area contributed by atoms with Crippen LogP contribution in [-0.4, -0.2) is 19.5 Å². The first-order chi connectivity index (χ1) is 28.7. The summed E-state index contributed by atoms with van der Waals surface area (Å²) < 4.78 is 15.3. The molecule has 12 rings (SSSR count). The lowest BCUT2D eigenvalue weighted by molar-refractivity contribution is 0.668. The molecule has 58 heavy (non-hydrogen) atoms. The lowest BCUT2D eigenvalue weighted by Gasteiger charge is -2.13. The number of para-hydroxylation sites is 3. The van der Waals surface area contributed by atoms with Crippen molar-refractivity contribution < 1.29 is 8.83 Å². The van der Waals surface area contributed by atoms with Gasteiger partial charge in [-0.2, -0.15) is 0 Å². The van der Waals surface area contributed by atoms with Crippen LogP contribution in [0.3, 0.4) is 0 Å². The third kappa shape index (κ3) is 5.16. The van der Waals surface area contributed by atoms with E-state index in [0.29, 0.717) is 23.9 Å². The molecule has 0 fully saturated rings. The Morgan fingerprint density at radius 3 is 1.95 bits per heavy atom. The highest BCUT2D eigenvalue weighted by molar-refractivity contribution is 6.17. The van der Waals surface area contributed by atoms with Crippen LogP contribution in [0.4, 0.5) is 0 Å². The van der Waals surface area contributed by atoms with E-state index in [1.54, 1.807) is 0 Å². The summed E-state index contributed by atoms with van der Waals surface area (Å²) in [7, 11) is 0. The number of hydrogen-bond donors (Lipinski definition) is 0. The minimum atomic E-state index is 0.556. The average molecular weight is 745 g/mol. The molecule has 8 aromatic carbocycles. The van der Waals surface area contributed by atoms with Crippen molar-refractivity contribution in [3.8, 4) is 39.6 Å². The van der Waals surface area contributed by atoms with Crippen molar-refractivity contribution in [2.75, 3.05) is 0 Å². The summed E-state index contributed by atoms with van der Waals surface area (Å²) in [6.45, 7) is 0. The van der Waals surface area contributed by atoms with E-state index in [1.165, 1.54) is 0 Å². The Morgan fingerprint density at radius 2 is 1.05 bits per heavy atom. The van der Waals surface area contributed by atoms with Crippen LogP contribution in [0.1, 0.15) is 11.4 Å². The largest absolute Gasteiger partial charge is 0.456 e. The predicted molar refractivity (Wildman–Crippen MR) is 234 cm³/mol. The van der Waals surface area contributed by atoms with Crippen LogP contribution in [0.5, 0.6) is 0 Å². The van der Waals surface area contributed by atoms with Crippen LogP contribution >= 0.6 is 0 Å². The highest BCUT2D eigenvalue weighted by Crippen LogP contribution is 2.42. The third-order valence-corrected chi connectivity index (χ3v) is 11.3. The number of hydrogen-bond acceptors (Lipinski definition) is 5. The fourth-order valence-electron chi connectivity index (χ4n) is 8.64. The molecule has 4 heterocycles. The standard InChI is InChI=1S/C52H32N4O2/c1-3-13-32(14-4-1)29-48-53-51(35-26-27-38-37-18-8-10-23-44(37)57-46(38)31-35)55-52(54-48)41-20-11-19-39-36-17-7-9-21-42(36)56(50(39)41)43-22-12-24-45-49(43)40-28-25-34(30-47(40)58-45)33-15-5-2-6-16-33/h1-28,30-31H,29H2. The van der Waals surface area contributed by atoms with E-state index in [4.69, 9.17) is 23.8 Å². The van der Waals surface area contributed by atoms with Crippen molar-refractivity contribution in [3.63, 3.8) is 0 Å². The zero-order valence-corrected chi connectivity index (χ0v) is 31.1. The maximum absolute atomic E-state index is 6.63. The first-order valence-electron chi connectivity index (χ1n) is 19.5. The van der Waals surface area contributed by atoms with Crippen LogP contribution < -0.4 is 0 Å². The maximum atomic E-state index is 6.63. The molecule has 12 aromatic rings. The summed E-state index contributed by atoms with van der Waals surface area (Å²) in [5.41, 5.74) is 11.6. The number of furan rings is 2. The van der Waals surface area contributed by atoms with Gasteiger partial charge in [-0.3, -0.25) is 0 Å². The van der Waals surface area contributed by atoms with Crippen molar-refractivity contribution in [2.45, 2.75) is 6.42 Å². The highest BCUT2D eigenvalue weighted by atomic mass is 16.3. The Kier molecular flexibility index (Phi) is 7.19. The minimum Gasteiger partial charge on any atom is -0.456 e. The Morgan fingerprint density at radius 1 is 0.414 bits per heavy atom. The first-order valence-corrected chi connectivity index (χ1v) is 19.5. The smallest absolute Gasteiger partial charge is 0.165 e. The molecule has 6 heteroatoms. The molecule has 0 amide bonds. The molecule has 4 aromatic heterocycles. The van der Waals surface area contributed by atoms with E-state index >= 15 is 0 Å². The van der Waals surface area contributed by atoms with E-state index in [0.717, 1.165) is 99.2 Å². The van der Waals surface area contributed by atoms with Gasteiger partial charge in [0.05, 0.1) is 22.1 Å². The van der Waals surface area contributed by atoms with Crippen LogP contribution in [-0.2, 0) is 6.42 Å². The minimum absolute atomic E-state index is 0.556. The second kappa shape index (κ2) is 12.9. The summed E-state index contributed by atoms with van der Waals surface area (Å²) in [5, 5.41) is 6.51. The number of fused-ring (bicyclic) bond motifs is 9. The fourth-order valence-corrected chi connectivity index (χ4v) is 8.64. The molecule has 0 radical (unpaired) electrons. The number of rotatable bonds is 6. The van der Waals surface area contributed by atoms with Gasteiger partial charge in [-0.15, -0.1) is 0 Å². The number of nitrogens with zero attached hydrogens (tertiary/aromatic N) is 4. The molecular weight excluding hydrogens is 713 g/mol. The average Bonchev–Trinajstić information content (AvgIpc) is 3.96. The summed E-state index contributed by atoms with van der Waals surface area (Å²) >= 11 is 0. The molecule has 0 aliphatic heterocycles. The maximum Gasteiger partial charge on any atom is 0.165 e. The molecule has 0 spiro atoms. The van der Waals surface area contributed by atoms with Crippen LogP contribution in [0.15, 0.2) is 191 Å². The van der Waals surface area contributed by atoms with Gasteiger partial charge in [0, 0.05) is 44.5 Å². The Hall–Kier alpha value is -7.83. The van der Waals surface area contributed by atoms with Gasteiger partial charge < -0.3 is 13.4 Å². The monoisotopic (exact) mass is 744 g/mol. The summed E-state index contributed by atoms with van der Waals surface area (Å²) in [6.07, 6.45) is 0.556. The predicted octanol–water partition coefficient (Wildman–Crippen LogP) is 13.4. The van der Waals surface area contributed by atoms with Gasteiger partial charge in [0.25, 0.3) is 0 Å². The van der Waals surface area contributed by atoms with Gasteiger partial charge >= 0.3 is 0 Å². The van der Waals surface area contributed by atoms with E-state index < -0.39 is 0 Å². The van der Waals surface area contributed by atoms with E-state index in [9.17, 15) is 0 Å². The van der Waals surface area contributed by atoms with Crippen molar-refractivity contribution in [1.29, 1.82) is 0 Å². The lowest BCUT2D eigenvalue weighted by atomic mass is 10.0. The Bertz CT molecular complexity index is 3540. The van der Waals surface area contributed by atoms with E-state index in [-0.39, 0.29) is 0 Å². The van der Waals surface area contributed by atoms with Crippen LogP contribution in [0, 0.1) is 0 Å². The summed E-state index contributed by atoms with van der Waals surface area (Å²) in [5.74, 6) is 1.88. The zero-order chi connectivity index (χ0) is 38.2. The Labute approximate surface area is 332 Å². The molecule has 272 valence electrons. The lowest BCUT2D eigenvalue weighted by Crippen LogP contribution is -2.05. The van der Waals surface area contributed by atoms with Crippen molar-refractivity contribution in [1.82, 2.24) is 19.5 Å². The summed E-state index contributed by atoms with van der Waals surface area (Å²) in [6, 6.07) is 63.0. The quantitative estimate of drug-likeness (QED) is 0.170. The van der Waals surface area contributed by atoms with Gasteiger partial charge in [0.1, 0.15) is 28.2 Å². The second-order valence-corrected chi connectivity index (χ2v) is 14.8. The molecule has 0 N–H and O–H groups in total. The first kappa shape index (κ1) is 32.4. The van der Waals surface area contributed by atoms with Gasteiger partial charge in [0.15, 0.2) is 11.6 Å². The highest BCUT2D eigenvalue weighted by Gasteiger charge is 2.23. The fraction of sp³-hybridized carbons (Fsp3) is 0.0192. The van der Waals surface area contributed by atoms with E-state index in [1.807, 2.05) is 36.4 Å². The molecule has 0 saturated carbocycles. The van der Waals surface area contributed by atoms with Gasteiger partial charge in [-0.25, -0.2) is 15.0 Å². The molecule has 0 aliphatic carbocycles. The van der Waals surface area contributed by atoms with Crippen LogP contribution in [0.2, 0.25) is 0 Å². The van der Waals surface area contributed by atoms with Crippen molar-refractivity contribution in [2.24, 2.45) is 0 Å². The van der Waals surface area contributed by atoms with Crippen molar-refractivity contribution in [3.05, 3.63) is 193 Å². The molecule has 0 atom stereocenters. The molecule has 6 nitrogen and oxygen atoms in total. The van der Waals surface area contributed by atoms with E-state index in [2.05, 4.69) is 150 Å². The molecule has 0 bridgehead atoms. The topological polar surface area (TPSA) is 69.9 Å². The van der Waals surface area contributed by atoms with Gasteiger partial charge in [-0.1, -0.05) is 127 Å². The summed E-state index contributed by atoms with van der Waals surface area (Å²) in [4.78, 5) is 15.6. The zero-order valence-electron chi connectivity index (χ0n) is 31.1. The van der Waals surface area contributed by atoms with Crippen molar-refractivity contribution >= 4 is 65.7 Å². The molecule has 0 saturated heterocycles. The normalized spacial score (nSPS) is 11.9. The Balaban J connectivity index is 1.10. The van der Waals surface area contributed by atoms with Gasteiger partial charge in [0.2, 0.25) is 0 Å². The second-order valence-electron chi connectivity index (χ2n) is 14.8. The number of benzene rings is 8. The number of aromatic nitrogens is 4. The van der Waals surface area contributed by atoms with Crippen LogP contribution in [0.25, 0.3) is 105 Å². The molecule has 0 unspecified atom stereocenters.